The van der Waals surface area contributed by atoms with Crippen LogP contribution in [0.2, 0.25) is 5.02 Å². The second kappa shape index (κ2) is 8.38. The third kappa shape index (κ3) is 4.65. The lowest BCUT2D eigenvalue weighted by atomic mass is 10.0. The Morgan fingerprint density at radius 3 is 2.76 bits per heavy atom. The standard InChI is InChI=1S/C17H25ClN2O4S/c1-4-9-25(22,23)20-8-6-5-7-15(20)17(21)19-14-10-12(2)13(18)11-16(14)24-3/h10-11,15H,4-9H2,1-3H3,(H,19,21). The molecule has 0 aromatic heterocycles. The third-order valence-corrected chi connectivity index (χ3v) is 6.80. The van der Waals surface area contributed by atoms with Crippen molar-refractivity contribution in [3.05, 3.63) is 22.7 Å². The fourth-order valence-electron chi connectivity index (χ4n) is 3.02. The maximum Gasteiger partial charge on any atom is 0.242 e. The van der Waals surface area contributed by atoms with Gasteiger partial charge in [0.15, 0.2) is 0 Å². The number of nitrogens with zero attached hydrogens (tertiary/aromatic N) is 1. The number of benzene rings is 1. The van der Waals surface area contributed by atoms with Gasteiger partial charge >= 0.3 is 0 Å². The number of amides is 1. The molecule has 1 amide bonds. The van der Waals surface area contributed by atoms with Crippen molar-refractivity contribution in [3.63, 3.8) is 0 Å². The Morgan fingerprint density at radius 1 is 1.40 bits per heavy atom. The molecule has 1 unspecified atom stereocenters. The van der Waals surface area contributed by atoms with E-state index in [0.717, 1.165) is 18.4 Å². The van der Waals surface area contributed by atoms with Crippen LogP contribution < -0.4 is 10.1 Å². The molecule has 0 spiro atoms. The van der Waals surface area contributed by atoms with E-state index in [0.29, 0.717) is 35.8 Å². The van der Waals surface area contributed by atoms with Gasteiger partial charge in [-0.3, -0.25) is 4.79 Å². The van der Waals surface area contributed by atoms with Gasteiger partial charge in [0.1, 0.15) is 11.8 Å². The maximum absolute atomic E-state index is 12.8. The summed E-state index contributed by atoms with van der Waals surface area (Å²) < 4.78 is 31.6. The first-order valence-corrected chi connectivity index (χ1v) is 10.4. The molecule has 0 aliphatic carbocycles. The van der Waals surface area contributed by atoms with Gasteiger partial charge in [-0.25, -0.2) is 8.42 Å². The number of carbonyl (C=O) groups excluding carboxylic acids is 1. The number of ether oxygens (including phenoxy) is 1. The smallest absolute Gasteiger partial charge is 0.242 e. The second-order valence-corrected chi connectivity index (χ2v) is 8.68. The molecule has 1 atom stereocenters. The van der Waals surface area contributed by atoms with Crippen molar-refractivity contribution in [1.29, 1.82) is 0 Å². The highest BCUT2D eigenvalue weighted by Gasteiger charge is 2.36. The summed E-state index contributed by atoms with van der Waals surface area (Å²) in [5.41, 5.74) is 1.30. The minimum atomic E-state index is -3.43. The Bertz CT molecular complexity index is 736. The molecule has 25 heavy (non-hydrogen) atoms. The zero-order valence-corrected chi connectivity index (χ0v) is 16.4. The van der Waals surface area contributed by atoms with Crippen LogP contribution in [0.1, 0.15) is 38.2 Å². The number of piperidine rings is 1. The van der Waals surface area contributed by atoms with Crippen molar-refractivity contribution in [1.82, 2.24) is 4.31 Å². The van der Waals surface area contributed by atoms with Gasteiger partial charge in [0, 0.05) is 17.6 Å². The zero-order chi connectivity index (χ0) is 18.6. The molecule has 0 bridgehead atoms. The Kier molecular flexibility index (Phi) is 6.71. The van der Waals surface area contributed by atoms with Gasteiger partial charge in [-0.1, -0.05) is 24.9 Å². The molecular weight excluding hydrogens is 364 g/mol. The summed E-state index contributed by atoms with van der Waals surface area (Å²) in [5.74, 6) is 0.169. The fourth-order valence-corrected chi connectivity index (χ4v) is 4.92. The fraction of sp³-hybridized carbons (Fsp3) is 0.588. The number of aryl methyl sites for hydroxylation is 1. The number of halogens is 1. The van der Waals surface area contributed by atoms with Crippen LogP contribution in [0.3, 0.4) is 0 Å². The normalized spacial score (nSPS) is 18.8. The van der Waals surface area contributed by atoms with E-state index in [1.54, 1.807) is 12.1 Å². The topological polar surface area (TPSA) is 75.7 Å². The van der Waals surface area contributed by atoms with Crippen LogP contribution in [0.15, 0.2) is 12.1 Å². The van der Waals surface area contributed by atoms with E-state index in [1.165, 1.54) is 11.4 Å². The van der Waals surface area contributed by atoms with Crippen molar-refractivity contribution in [2.24, 2.45) is 0 Å². The summed E-state index contributed by atoms with van der Waals surface area (Å²) in [6.45, 7) is 4.03. The van der Waals surface area contributed by atoms with Gasteiger partial charge < -0.3 is 10.1 Å². The van der Waals surface area contributed by atoms with Crippen molar-refractivity contribution in [2.45, 2.75) is 45.6 Å². The molecule has 140 valence electrons. The quantitative estimate of drug-likeness (QED) is 0.811. The first kappa shape index (κ1) is 20.0. The number of nitrogens with one attached hydrogen (secondary N) is 1. The minimum absolute atomic E-state index is 0.0557. The number of methoxy groups -OCH3 is 1. The first-order chi connectivity index (χ1) is 11.8. The Labute approximate surface area is 154 Å². The van der Waals surface area contributed by atoms with Crippen LogP contribution >= 0.6 is 11.6 Å². The number of sulfonamides is 1. The van der Waals surface area contributed by atoms with Crippen LogP contribution in [-0.2, 0) is 14.8 Å². The van der Waals surface area contributed by atoms with Crippen molar-refractivity contribution in [2.75, 3.05) is 24.7 Å². The van der Waals surface area contributed by atoms with E-state index in [1.807, 2.05) is 13.8 Å². The molecule has 1 saturated heterocycles. The molecule has 6 nitrogen and oxygen atoms in total. The minimum Gasteiger partial charge on any atom is -0.495 e. The molecule has 1 aliphatic heterocycles. The summed E-state index contributed by atoms with van der Waals surface area (Å²) in [7, 11) is -1.93. The number of hydrogen-bond donors (Lipinski definition) is 1. The molecule has 1 aromatic carbocycles. The molecule has 1 N–H and O–H groups in total. The van der Waals surface area contributed by atoms with Gasteiger partial charge in [-0.2, -0.15) is 4.31 Å². The average Bonchev–Trinajstić information content (AvgIpc) is 2.57. The van der Waals surface area contributed by atoms with Gasteiger partial charge in [0.05, 0.1) is 18.6 Å². The molecular formula is C17H25ClN2O4S. The lowest BCUT2D eigenvalue weighted by Gasteiger charge is -2.33. The van der Waals surface area contributed by atoms with Crippen LogP contribution in [0, 0.1) is 6.92 Å². The Morgan fingerprint density at radius 2 is 2.12 bits per heavy atom. The predicted octanol–water partition coefficient (Wildman–Crippen LogP) is 3.19. The monoisotopic (exact) mass is 388 g/mol. The van der Waals surface area contributed by atoms with E-state index < -0.39 is 16.1 Å². The molecule has 1 aliphatic rings. The molecule has 2 rings (SSSR count). The van der Waals surface area contributed by atoms with Crippen LogP contribution in [-0.4, -0.2) is 44.1 Å². The maximum atomic E-state index is 12.8. The largest absolute Gasteiger partial charge is 0.495 e. The molecule has 1 fully saturated rings. The SMILES string of the molecule is CCCS(=O)(=O)N1CCCCC1C(=O)Nc1cc(C)c(Cl)cc1OC. The summed E-state index contributed by atoms with van der Waals surface area (Å²) in [6, 6.07) is 2.68. The van der Waals surface area contributed by atoms with Crippen LogP contribution in [0.25, 0.3) is 0 Å². The van der Waals surface area contributed by atoms with Crippen molar-refractivity contribution in [3.8, 4) is 5.75 Å². The van der Waals surface area contributed by atoms with Crippen molar-refractivity contribution >= 4 is 33.2 Å². The Hall–Kier alpha value is -1.31. The summed E-state index contributed by atoms with van der Waals surface area (Å²) in [4.78, 5) is 12.8. The van der Waals surface area contributed by atoms with Crippen LogP contribution in [0.5, 0.6) is 5.75 Å². The van der Waals surface area contributed by atoms with Crippen molar-refractivity contribution < 1.29 is 17.9 Å². The molecule has 8 heteroatoms. The number of hydrogen-bond acceptors (Lipinski definition) is 4. The Balaban J connectivity index is 2.25. The molecule has 0 saturated carbocycles. The van der Waals surface area contributed by atoms with E-state index in [-0.39, 0.29) is 11.7 Å². The summed E-state index contributed by atoms with van der Waals surface area (Å²) in [5, 5.41) is 3.36. The van der Waals surface area contributed by atoms with Crippen LogP contribution in [0.4, 0.5) is 5.69 Å². The predicted molar refractivity (Wildman–Crippen MR) is 99.8 cm³/mol. The van der Waals surface area contributed by atoms with E-state index in [2.05, 4.69) is 5.32 Å². The highest BCUT2D eigenvalue weighted by atomic mass is 35.5. The number of anilines is 1. The summed E-state index contributed by atoms with van der Waals surface area (Å²) >= 11 is 6.09. The number of carbonyl (C=O) groups is 1. The number of rotatable bonds is 6. The molecule has 0 radical (unpaired) electrons. The van der Waals surface area contributed by atoms with E-state index in [9.17, 15) is 13.2 Å². The first-order valence-electron chi connectivity index (χ1n) is 8.44. The second-order valence-electron chi connectivity index (χ2n) is 6.23. The van der Waals surface area contributed by atoms with Gasteiger partial charge in [0.2, 0.25) is 15.9 Å². The van der Waals surface area contributed by atoms with Gasteiger partial charge in [-0.05, 0) is 37.8 Å². The van der Waals surface area contributed by atoms with Gasteiger partial charge in [-0.15, -0.1) is 0 Å². The lowest BCUT2D eigenvalue weighted by molar-refractivity contribution is -0.120. The van der Waals surface area contributed by atoms with E-state index in [4.69, 9.17) is 16.3 Å². The molecule has 1 aromatic rings. The molecule has 1 heterocycles. The lowest BCUT2D eigenvalue weighted by Crippen LogP contribution is -2.50. The van der Waals surface area contributed by atoms with Gasteiger partial charge in [0.25, 0.3) is 0 Å². The average molecular weight is 389 g/mol. The van der Waals surface area contributed by atoms with E-state index >= 15 is 0 Å². The third-order valence-electron chi connectivity index (χ3n) is 4.31. The summed E-state index contributed by atoms with van der Waals surface area (Å²) in [6.07, 6.45) is 2.64. The highest BCUT2D eigenvalue weighted by molar-refractivity contribution is 7.89. The highest BCUT2D eigenvalue weighted by Crippen LogP contribution is 2.32. The zero-order valence-electron chi connectivity index (χ0n) is 14.8.